The van der Waals surface area contributed by atoms with Crippen LogP contribution in [0, 0.1) is 0 Å². The van der Waals surface area contributed by atoms with Crippen molar-refractivity contribution in [2.45, 2.75) is 20.3 Å². The highest BCUT2D eigenvalue weighted by molar-refractivity contribution is 4.78. The first-order valence-corrected chi connectivity index (χ1v) is 4.96. The third-order valence-corrected chi connectivity index (χ3v) is 2.12. The number of rotatable bonds is 7. The van der Waals surface area contributed by atoms with Crippen LogP contribution in [0.5, 0.6) is 0 Å². The van der Waals surface area contributed by atoms with Gasteiger partial charge in [-0.1, -0.05) is 20.1 Å². The molecule has 0 bridgehead atoms. The molecule has 0 aliphatic heterocycles. The fraction of sp³-hybridized carbons (Fsp3) is 0.500. The molecule has 0 saturated heterocycles. The summed E-state index contributed by atoms with van der Waals surface area (Å²) < 4.78 is 0.958. The largest absolute Gasteiger partial charge is 0.291 e. The molecule has 0 heterocycles. The van der Waals surface area contributed by atoms with Crippen LogP contribution in [0.15, 0.2) is 37.6 Å². The summed E-state index contributed by atoms with van der Waals surface area (Å²) in [6.07, 6.45) is 9.51. The molecule has 0 unspecified atom stereocenters. The van der Waals surface area contributed by atoms with Crippen LogP contribution in [0.4, 0.5) is 0 Å². The monoisotopic (exact) mass is 180 g/mol. The van der Waals surface area contributed by atoms with Gasteiger partial charge in [-0.05, 0) is 31.6 Å². The molecule has 13 heavy (non-hydrogen) atoms. The molecule has 1 nitrogen and oxygen atoms in total. The first-order chi connectivity index (χ1) is 6.24. The second-order valence-corrected chi connectivity index (χ2v) is 3.37. The lowest BCUT2D eigenvalue weighted by molar-refractivity contribution is -0.867. The second-order valence-electron chi connectivity index (χ2n) is 3.37. The van der Waals surface area contributed by atoms with E-state index in [9.17, 15) is 0 Å². The summed E-state index contributed by atoms with van der Waals surface area (Å²) in [5.74, 6) is 0. The molecular formula is C12H22N+. The summed E-state index contributed by atoms with van der Waals surface area (Å²) >= 11 is 0. The number of hydrogen-bond acceptors (Lipinski definition) is 0. The topological polar surface area (TPSA) is 0 Å². The third kappa shape index (κ3) is 4.09. The Bertz CT molecular complexity index is 170. The van der Waals surface area contributed by atoms with Crippen molar-refractivity contribution in [3.8, 4) is 0 Å². The van der Waals surface area contributed by atoms with Gasteiger partial charge in [-0.2, -0.15) is 0 Å². The molecule has 0 radical (unpaired) electrons. The molecule has 0 spiro atoms. The van der Waals surface area contributed by atoms with Crippen molar-refractivity contribution in [1.29, 1.82) is 0 Å². The fourth-order valence-electron chi connectivity index (χ4n) is 1.73. The van der Waals surface area contributed by atoms with Crippen LogP contribution < -0.4 is 0 Å². The Morgan fingerprint density at radius 3 is 2.00 bits per heavy atom. The average molecular weight is 180 g/mol. The van der Waals surface area contributed by atoms with Gasteiger partial charge >= 0.3 is 0 Å². The predicted molar refractivity (Wildman–Crippen MR) is 60.4 cm³/mol. The van der Waals surface area contributed by atoms with Crippen LogP contribution >= 0.6 is 0 Å². The standard InChI is InChI=1S/C12H22N/c1-5-9-13(10-6-2,11-7-3)12-8-4/h5-7,11H,1-2,8-10,12H2,3-4H3/q+1. The van der Waals surface area contributed by atoms with Gasteiger partial charge in [0.1, 0.15) is 13.1 Å². The summed E-state index contributed by atoms with van der Waals surface area (Å²) in [7, 11) is 0. The van der Waals surface area contributed by atoms with E-state index in [0.29, 0.717) is 0 Å². The predicted octanol–water partition coefficient (Wildman–Crippen LogP) is 3.12. The van der Waals surface area contributed by atoms with Crippen molar-refractivity contribution in [2.75, 3.05) is 19.6 Å². The molecule has 0 aromatic heterocycles. The summed E-state index contributed by atoms with van der Waals surface area (Å²) in [6.45, 7) is 15.0. The van der Waals surface area contributed by atoms with E-state index in [4.69, 9.17) is 0 Å². The molecule has 74 valence electrons. The highest BCUT2D eigenvalue weighted by atomic mass is 15.3. The van der Waals surface area contributed by atoms with E-state index in [-0.39, 0.29) is 0 Å². The Kier molecular flexibility index (Phi) is 6.25. The van der Waals surface area contributed by atoms with Gasteiger partial charge in [-0.25, -0.2) is 0 Å². The highest BCUT2D eigenvalue weighted by Gasteiger charge is 2.19. The Morgan fingerprint density at radius 1 is 1.15 bits per heavy atom. The summed E-state index contributed by atoms with van der Waals surface area (Å²) in [4.78, 5) is 0. The molecule has 0 saturated carbocycles. The van der Waals surface area contributed by atoms with E-state index in [1.165, 1.54) is 6.42 Å². The molecule has 0 aliphatic rings. The molecule has 0 N–H and O–H groups in total. The molecule has 0 aromatic rings. The average Bonchev–Trinajstić information content (AvgIpc) is 2.06. The number of quaternary nitrogens is 1. The van der Waals surface area contributed by atoms with E-state index in [1.807, 2.05) is 12.2 Å². The molecule has 0 aliphatic carbocycles. The van der Waals surface area contributed by atoms with E-state index in [2.05, 4.69) is 39.3 Å². The maximum atomic E-state index is 3.81. The molecule has 1 heteroatoms. The summed E-state index contributed by atoms with van der Waals surface area (Å²) in [6, 6.07) is 0. The maximum Gasteiger partial charge on any atom is 0.102 e. The van der Waals surface area contributed by atoms with Gasteiger partial charge in [0.05, 0.1) is 12.7 Å². The number of hydrogen-bond donors (Lipinski definition) is 0. The molecule has 0 atom stereocenters. The lowest BCUT2D eigenvalue weighted by Crippen LogP contribution is -2.43. The van der Waals surface area contributed by atoms with E-state index >= 15 is 0 Å². The van der Waals surface area contributed by atoms with Crippen molar-refractivity contribution >= 4 is 0 Å². The van der Waals surface area contributed by atoms with Crippen LogP contribution in [-0.2, 0) is 0 Å². The lowest BCUT2D eigenvalue weighted by Gasteiger charge is -2.32. The molecule has 0 aromatic carbocycles. The summed E-state index contributed by atoms with van der Waals surface area (Å²) in [5.41, 5.74) is 0. The zero-order valence-corrected chi connectivity index (χ0v) is 9.00. The van der Waals surface area contributed by atoms with Crippen LogP contribution in [0.2, 0.25) is 0 Å². The van der Waals surface area contributed by atoms with Gasteiger partial charge in [0, 0.05) is 0 Å². The first-order valence-electron chi connectivity index (χ1n) is 4.96. The second kappa shape index (κ2) is 6.67. The maximum absolute atomic E-state index is 3.81. The molecular weight excluding hydrogens is 158 g/mol. The van der Waals surface area contributed by atoms with Gasteiger partial charge in [0.25, 0.3) is 0 Å². The smallest absolute Gasteiger partial charge is 0.102 e. The lowest BCUT2D eigenvalue weighted by atomic mass is 10.3. The van der Waals surface area contributed by atoms with Crippen molar-refractivity contribution in [3.05, 3.63) is 37.6 Å². The van der Waals surface area contributed by atoms with E-state index in [1.54, 1.807) is 0 Å². The van der Waals surface area contributed by atoms with Crippen molar-refractivity contribution < 1.29 is 4.48 Å². The molecule has 0 fully saturated rings. The normalized spacial score (nSPS) is 11.8. The van der Waals surface area contributed by atoms with Gasteiger partial charge in [-0.3, -0.25) is 4.48 Å². The van der Waals surface area contributed by atoms with Crippen molar-refractivity contribution in [2.24, 2.45) is 0 Å². The Labute approximate surface area is 82.7 Å². The van der Waals surface area contributed by atoms with Crippen LogP contribution in [-0.4, -0.2) is 24.1 Å². The quantitative estimate of drug-likeness (QED) is 0.417. The number of allylic oxidation sites excluding steroid dienone is 1. The van der Waals surface area contributed by atoms with Gasteiger partial charge in [0.15, 0.2) is 0 Å². The Balaban J connectivity index is 4.55. The minimum Gasteiger partial charge on any atom is -0.291 e. The van der Waals surface area contributed by atoms with Gasteiger partial charge < -0.3 is 0 Å². The van der Waals surface area contributed by atoms with Crippen LogP contribution in [0.3, 0.4) is 0 Å². The Morgan fingerprint density at radius 2 is 1.69 bits per heavy atom. The Hall–Kier alpha value is -0.820. The minimum atomic E-state index is 0.958. The van der Waals surface area contributed by atoms with E-state index in [0.717, 1.165) is 24.1 Å². The van der Waals surface area contributed by atoms with E-state index < -0.39 is 0 Å². The fourth-order valence-corrected chi connectivity index (χ4v) is 1.73. The zero-order chi connectivity index (χ0) is 10.2. The summed E-state index contributed by atoms with van der Waals surface area (Å²) in [5, 5.41) is 0. The molecule has 0 amide bonds. The SMILES string of the molecule is C=CC[N+](C=CC)(CC=C)CCC. The van der Waals surface area contributed by atoms with Crippen molar-refractivity contribution in [3.63, 3.8) is 0 Å². The third-order valence-electron chi connectivity index (χ3n) is 2.12. The minimum absolute atomic E-state index is 0.958. The number of nitrogens with zero attached hydrogens (tertiary/aromatic N) is 1. The van der Waals surface area contributed by atoms with Gasteiger partial charge in [0.2, 0.25) is 0 Å². The first kappa shape index (κ1) is 12.2. The van der Waals surface area contributed by atoms with Crippen LogP contribution in [0.1, 0.15) is 20.3 Å². The molecule has 0 rings (SSSR count). The van der Waals surface area contributed by atoms with Crippen LogP contribution in [0.25, 0.3) is 0 Å². The van der Waals surface area contributed by atoms with Gasteiger partial charge in [-0.15, -0.1) is 0 Å². The zero-order valence-electron chi connectivity index (χ0n) is 9.00. The van der Waals surface area contributed by atoms with Crippen molar-refractivity contribution in [1.82, 2.24) is 0 Å². The highest BCUT2D eigenvalue weighted by Crippen LogP contribution is 2.10.